The summed E-state index contributed by atoms with van der Waals surface area (Å²) in [5.41, 5.74) is -0.880. The van der Waals surface area contributed by atoms with E-state index in [1.165, 1.54) is 26.1 Å². The molecule has 7 nitrogen and oxygen atoms in total. The zero-order chi connectivity index (χ0) is 15.5. The Hall–Kier alpha value is -2.18. The number of esters is 1. The lowest BCUT2D eigenvalue weighted by Gasteiger charge is -2.22. The SMILES string of the molecule is C[C@H](NC(=O)c1ccc(=O)n(C)n1)C(=O)OC(C)(C)C. The first-order valence-corrected chi connectivity index (χ1v) is 6.18. The highest BCUT2D eigenvalue weighted by molar-refractivity contribution is 5.94. The van der Waals surface area contributed by atoms with Crippen molar-refractivity contribution in [3.05, 3.63) is 28.2 Å². The molecule has 0 aromatic carbocycles. The second-order valence-corrected chi connectivity index (χ2v) is 5.41. The van der Waals surface area contributed by atoms with Crippen molar-refractivity contribution < 1.29 is 14.3 Å². The molecular weight excluding hydrogens is 262 g/mol. The van der Waals surface area contributed by atoms with Crippen LogP contribution in [-0.2, 0) is 16.6 Å². The Morgan fingerprint density at radius 1 is 1.35 bits per heavy atom. The van der Waals surface area contributed by atoms with Gasteiger partial charge in [0, 0.05) is 13.1 Å². The Balaban J connectivity index is 2.72. The van der Waals surface area contributed by atoms with E-state index in [9.17, 15) is 14.4 Å². The third kappa shape index (κ3) is 4.49. The second kappa shape index (κ2) is 5.85. The van der Waals surface area contributed by atoms with Crippen LogP contribution in [0.5, 0.6) is 0 Å². The lowest BCUT2D eigenvalue weighted by Crippen LogP contribution is -2.42. The predicted octanol–water partition coefficient (Wildman–Crippen LogP) is 0.240. The van der Waals surface area contributed by atoms with Crippen LogP contribution < -0.4 is 10.9 Å². The molecule has 0 spiro atoms. The standard InChI is InChI=1S/C13H19N3O4/c1-8(12(19)20-13(2,3)4)14-11(18)9-6-7-10(17)16(5)15-9/h6-8H,1-5H3,(H,14,18)/t8-/m0/s1. The third-order valence-corrected chi connectivity index (χ3v) is 2.30. The number of hydrogen-bond acceptors (Lipinski definition) is 5. The van der Waals surface area contributed by atoms with Gasteiger partial charge in [0.1, 0.15) is 17.3 Å². The summed E-state index contributed by atoms with van der Waals surface area (Å²) in [5, 5.41) is 6.27. The highest BCUT2D eigenvalue weighted by Crippen LogP contribution is 2.08. The Kier molecular flexibility index (Phi) is 4.65. The van der Waals surface area contributed by atoms with Crippen molar-refractivity contribution in [3.63, 3.8) is 0 Å². The quantitative estimate of drug-likeness (QED) is 0.801. The third-order valence-electron chi connectivity index (χ3n) is 2.30. The van der Waals surface area contributed by atoms with Gasteiger partial charge >= 0.3 is 5.97 Å². The van der Waals surface area contributed by atoms with Crippen LogP contribution in [0.2, 0.25) is 0 Å². The van der Waals surface area contributed by atoms with Gasteiger partial charge in [0.2, 0.25) is 0 Å². The van der Waals surface area contributed by atoms with Crippen LogP contribution in [0.1, 0.15) is 38.2 Å². The molecule has 1 rings (SSSR count). The number of carbonyl (C=O) groups excluding carboxylic acids is 2. The van der Waals surface area contributed by atoms with E-state index < -0.39 is 23.5 Å². The summed E-state index contributed by atoms with van der Waals surface area (Å²) >= 11 is 0. The Bertz CT molecular complexity index is 572. The maximum absolute atomic E-state index is 11.9. The molecule has 1 aromatic rings. The summed E-state index contributed by atoms with van der Waals surface area (Å²) in [5.74, 6) is -1.07. The molecule has 0 saturated heterocycles. The number of ether oxygens (including phenoxy) is 1. The molecule has 1 N–H and O–H groups in total. The van der Waals surface area contributed by atoms with Gasteiger partial charge < -0.3 is 10.1 Å². The molecule has 1 atom stereocenters. The Morgan fingerprint density at radius 2 is 1.95 bits per heavy atom. The van der Waals surface area contributed by atoms with Gasteiger partial charge in [-0.25, -0.2) is 9.48 Å². The molecule has 1 amide bonds. The normalized spacial score (nSPS) is 12.7. The summed E-state index contributed by atoms with van der Waals surface area (Å²) in [6.07, 6.45) is 0. The lowest BCUT2D eigenvalue weighted by molar-refractivity contribution is -0.156. The fourth-order valence-corrected chi connectivity index (χ4v) is 1.34. The summed E-state index contributed by atoms with van der Waals surface area (Å²) < 4.78 is 6.20. The van der Waals surface area contributed by atoms with Gasteiger partial charge in [-0.3, -0.25) is 9.59 Å². The van der Waals surface area contributed by atoms with Crippen molar-refractivity contribution in [1.82, 2.24) is 15.1 Å². The van der Waals surface area contributed by atoms with E-state index in [4.69, 9.17) is 4.74 Å². The van der Waals surface area contributed by atoms with Crippen LogP contribution in [0, 0.1) is 0 Å². The molecule has 0 bridgehead atoms. The minimum absolute atomic E-state index is 0.0579. The smallest absolute Gasteiger partial charge is 0.328 e. The molecule has 110 valence electrons. The second-order valence-electron chi connectivity index (χ2n) is 5.41. The van der Waals surface area contributed by atoms with E-state index in [0.29, 0.717) is 0 Å². The summed E-state index contributed by atoms with van der Waals surface area (Å²) in [6.45, 7) is 6.75. The van der Waals surface area contributed by atoms with Crippen molar-refractivity contribution in [1.29, 1.82) is 0 Å². The first-order valence-electron chi connectivity index (χ1n) is 6.18. The number of nitrogens with one attached hydrogen (secondary N) is 1. The van der Waals surface area contributed by atoms with Gasteiger partial charge in [0.25, 0.3) is 11.5 Å². The number of rotatable bonds is 3. The van der Waals surface area contributed by atoms with Crippen LogP contribution in [0.25, 0.3) is 0 Å². The average molecular weight is 281 g/mol. The summed E-state index contributed by atoms with van der Waals surface area (Å²) in [4.78, 5) is 34.8. The molecule has 7 heteroatoms. The van der Waals surface area contributed by atoms with E-state index in [0.717, 1.165) is 4.68 Å². The van der Waals surface area contributed by atoms with Gasteiger partial charge in [-0.2, -0.15) is 5.10 Å². The molecule has 0 fully saturated rings. The van der Waals surface area contributed by atoms with Crippen LogP contribution in [0.3, 0.4) is 0 Å². The van der Waals surface area contributed by atoms with Crippen LogP contribution in [0.15, 0.2) is 16.9 Å². The molecular formula is C13H19N3O4. The topological polar surface area (TPSA) is 90.3 Å². The van der Waals surface area contributed by atoms with E-state index in [2.05, 4.69) is 10.4 Å². The van der Waals surface area contributed by atoms with Gasteiger partial charge in [-0.1, -0.05) is 0 Å². The van der Waals surface area contributed by atoms with E-state index in [1.807, 2.05) is 0 Å². The van der Waals surface area contributed by atoms with Crippen LogP contribution >= 0.6 is 0 Å². The monoisotopic (exact) mass is 281 g/mol. The maximum Gasteiger partial charge on any atom is 0.328 e. The van der Waals surface area contributed by atoms with E-state index in [-0.39, 0.29) is 11.3 Å². The molecule has 0 aliphatic heterocycles. The van der Waals surface area contributed by atoms with E-state index in [1.54, 1.807) is 20.8 Å². The van der Waals surface area contributed by atoms with Gasteiger partial charge in [-0.05, 0) is 33.8 Å². The Labute approximate surface area is 116 Å². The van der Waals surface area contributed by atoms with Crippen LogP contribution in [-0.4, -0.2) is 33.3 Å². The largest absolute Gasteiger partial charge is 0.458 e. The number of aromatic nitrogens is 2. The van der Waals surface area contributed by atoms with Crippen molar-refractivity contribution in [2.45, 2.75) is 39.3 Å². The van der Waals surface area contributed by atoms with Crippen molar-refractivity contribution in [2.75, 3.05) is 0 Å². The average Bonchev–Trinajstić information content (AvgIpc) is 2.30. The number of carbonyl (C=O) groups is 2. The number of nitrogens with zero attached hydrogens (tertiary/aromatic N) is 2. The maximum atomic E-state index is 11.9. The van der Waals surface area contributed by atoms with Gasteiger partial charge in [0.15, 0.2) is 0 Å². The fraction of sp³-hybridized carbons (Fsp3) is 0.538. The summed E-state index contributed by atoms with van der Waals surface area (Å²) in [7, 11) is 1.44. The molecule has 20 heavy (non-hydrogen) atoms. The van der Waals surface area contributed by atoms with Crippen molar-refractivity contribution in [2.24, 2.45) is 7.05 Å². The first kappa shape index (κ1) is 15.9. The fourth-order valence-electron chi connectivity index (χ4n) is 1.34. The minimum Gasteiger partial charge on any atom is -0.458 e. The number of hydrogen-bond donors (Lipinski definition) is 1. The molecule has 0 aliphatic carbocycles. The molecule has 0 aliphatic rings. The zero-order valence-corrected chi connectivity index (χ0v) is 12.3. The van der Waals surface area contributed by atoms with E-state index >= 15 is 0 Å². The molecule has 0 saturated carbocycles. The highest BCUT2D eigenvalue weighted by atomic mass is 16.6. The lowest BCUT2D eigenvalue weighted by atomic mass is 10.2. The summed E-state index contributed by atoms with van der Waals surface area (Å²) in [6, 6.07) is 1.74. The molecule has 0 radical (unpaired) electrons. The first-order chi connectivity index (χ1) is 9.10. The van der Waals surface area contributed by atoms with Gasteiger partial charge in [0.05, 0.1) is 0 Å². The zero-order valence-electron chi connectivity index (χ0n) is 12.3. The molecule has 1 heterocycles. The number of amides is 1. The van der Waals surface area contributed by atoms with Crippen molar-refractivity contribution in [3.8, 4) is 0 Å². The highest BCUT2D eigenvalue weighted by Gasteiger charge is 2.23. The molecule has 0 unspecified atom stereocenters. The molecule has 1 aromatic heterocycles. The Morgan fingerprint density at radius 3 is 2.45 bits per heavy atom. The predicted molar refractivity (Wildman–Crippen MR) is 72.3 cm³/mol. The van der Waals surface area contributed by atoms with Crippen LogP contribution in [0.4, 0.5) is 0 Å². The van der Waals surface area contributed by atoms with Gasteiger partial charge in [-0.15, -0.1) is 0 Å². The van der Waals surface area contributed by atoms with Crippen molar-refractivity contribution >= 4 is 11.9 Å². The minimum atomic E-state index is -0.805. The number of aryl methyl sites for hydroxylation is 1.